The summed E-state index contributed by atoms with van der Waals surface area (Å²) in [5.41, 5.74) is 7.75. The summed E-state index contributed by atoms with van der Waals surface area (Å²) in [4.78, 5) is 15.7. The van der Waals surface area contributed by atoms with Crippen LogP contribution in [0.2, 0.25) is 0 Å². The molecular formula is C14H16N2O2. The molecule has 0 aliphatic heterocycles. The van der Waals surface area contributed by atoms with Gasteiger partial charge in [0.15, 0.2) is 0 Å². The van der Waals surface area contributed by atoms with E-state index in [1.54, 1.807) is 13.1 Å². The van der Waals surface area contributed by atoms with E-state index in [4.69, 9.17) is 10.5 Å². The number of fused-ring (bicyclic) bond motifs is 1. The second-order valence-electron chi connectivity index (χ2n) is 4.08. The number of hydrogen-bond acceptors (Lipinski definition) is 4. The number of nitrogens with zero attached hydrogens (tertiary/aromatic N) is 1. The Hall–Kier alpha value is -1.94. The number of carbonyl (C=O) groups excluding carboxylic acids is 1. The molecule has 0 amide bonds. The van der Waals surface area contributed by atoms with Crippen molar-refractivity contribution >= 4 is 16.9 Å². The fraction of sp³-hybridized carbons (Fsp3) is 0.286. The van der Waals surface area contributed by atoms with Crippen LogP contribution < -0.4 is 5.73 Å². The maximum absolute atomic E-state index is 11.4. The minimum absolute atomic E-state index is 0.174. The van der Waals surface area contributed by atoms with Gasteiger partial charge in [-0.05, 0) is 24.6 Å². The van der Waals surface area contributed by atoms with Gasteiger partial charge in [0.05, 0.1) is 18.5 Å². The van der Waals surface area contributed by atoms with Crippen LogP contribution in [0, 0.1) is 0 Å². The largest absolute Gasteiger partial charge is 0.466 e. The molecule has 18 heavy (non-hydrogen) atoms. The Morgan fingerprint density at radius 2 is 2.22 bits per heavy atom. The fourth-order valence-electron chi connectivity index (χ4n) is 1.81. The van der Waals surface area contributed by atoms with Gasteiger partial charge in [0.2, 0.25) is 0 Å². The number of pyridine rings is 1. The number of ether oxygens (including phenoxy) is 1. The van der Waals surface area contributed by atoms with Gasteiger partial charge in [-0.1, -0.05) is 18.2 Å². The lowest BCUT2D eigenvalue weighted by atomic mass is 10.0. The third-order valence-electron chi connectivity index (χ3n) is 2.73. The summed E-state index contributed by atoms with van der Waals surface area (Å²) >= 11 is 0. The molecule has 0 spiro atoms. The Morgan fingerprint density at radius 1 is 1.44 bits per heavy atom. The quantitative estimate of drug-likeness (QED) is 0.837. The molecule has 4 nitrogen and oxygen atoms in total. The van der Waals surface area contributed by atoms with E-state index in [0.717, 1.165) is 16.5 Å². The third-order valence-corrected chi connectivity index (χ3v) is 2.73. The van der Waals surface area contributed by atoms with Crippen molar-refractivity contribution in [1.82, 2.24) is 4.98 Å². The summed E-state index contributed by atoms with van der Waals surface area (Å²) in [6.07, 6.45) is 1.89. The smallest absolute Gasteiger partial charge is 0.307 e. The van der Waals surface area contributed by atoms with Crippen molar-refractivity contribution in [1.29, 1.82) is 0 Å². The number of esters is 1. The Balaban J connectivity index is 2.17. The molecular weight excluding hydrogens is 228 g/mol. The van der Waals surface area contributed by atoms with Crippen molar-refractivity contribution in [2.75, 3.05) is 6.61 Å². The normalized spacial score (nSPS) is 12.3. The van der Waals surface area contributed by atoms with Crippen LogP contribution in [-0.4, -0.2) is 17.6 Å². The van der Waals surface area contributed by atoms with Crippen molar-refractivity contribution in [2.24, 2.45) is 5.73 Å². The van der Waals surface area contributed by atoms with E-state index in [0.29, 0.717) is 6.61 Å². The number of nitrogens with two attached hydrogens (primary N) is 1. The highest BCUT2D eigenvalue weighted by Gasteiger charge is 2.13. The summed E-state index contributed by atoms with van der Waals surface area (Å²) in [5, 5.41) is 1.02. The van der Waals surface area contributed by atoms with E-state index in [2.05, 4.69) is 4.98 Å². The van der Waals surface area contributed by atoms with E-state index in [1.165, 1.54) is 0 Å². The molecule has 0 radical (unpaired) electrons. The molecule has 0 unspecified atom stereocenters. The van der Waals surface area contributed by atoms with Crippen LogP contribution >= 0.6 is 0 Å². The van der Waals surface area contributed by atoms with E-state index in [1.807, 2.05) is 30.3 Å². The second-order valence-corrected chi connectivity index (χ2v) is 4.08. The third kappa shape index (κ3) is 2.84. The Bertz CT molecular complexity index is 554. The van der Waals surface area contributed by atoms with Gasteiger partial charge in [-0.15, -0.1) is 0 Å². The van der Waals surface area contributed by atoms with Crippen LogP contribution in [0.4, 0.5) is 0 Å². The van der Waals surface area contributed by atoms with Gasteiger partial charge in [-0.25, -0.2) is 0 Å². The van der Waals surface area contributed by atoms with Gasteiger partial charge in [-0.3, -0.25) is 9.78 Å². The molecule has 0 aliphatic carbocycles. The first kappa shape index (κ1) is 12.5. The van der Waals surface area contributed by atoms with Gasteiger partial charge in [0, 0.05) is 17.6 Å². The molecule has 4 heteroatoms. The maximum Gasteiger partial charge on any atom is 0.307 e. The SMILES string of the molecule is CCOC(=O)C[C@H](N)c1cnc2ccccc2c1. The first-order valence-corrected chi connectivity index (χ1v) is 5.96. The summed E-state index contributed by atoms with van der Waals surface area (Å²) in [7, 11) is 0. The summed E-state index contributed by atoms with van der Waals surface area (Å²) < 4.78 is 4.88. The highest BCUT2D eigenvalue weighted by Crippen LogP contribution is 2.19. The maximum atomic E-state index is 11.4. The number of carbonyl (C=O) groups is 1. The number of benzene rings is 1. The molecule has 1 aromatic carbocycles. The Morgan fingerprint density at radius 3 is 3.00 bits per heavy atom. The van der Waals surface area contributed by atoms with Crippen molar-refractivity contribution in [3.05, 3.63) is 42.1 Å². The predicted octanol–water partition coefficient (Wildman–Crippen LogP) is 2.19. The standard InChI is InChI=1S/C14H16N2O2/c1-2-18-14(17)8-12(15)11-7-10-5-3-4-6-13(10)16-9-11/h3-7,9,12H,2,8,15H2,1H3/t12-/m0/s1. The van der Waals surface area contributed by atoms with Gasteiger partial charge >= 0.3 is 5.97 Å². The van der Waals surface area contributed by atoms with E-state index >= 15 is 0 Å². The Kier molecular flexibility index (Phi) is 3.89. The molecule has 0 fully saturated rings. The lowest BCUT2D eigenvalue weighted by Crippen LogP contribution is -2.17. The average Bonchev–Trinajstić information content (AvgIpc) is 2.38. The lowest BCUT2D eigenvalue weighted by Gasteiger charge is -2.11. The zero-order valence-electron chi connectivity index (χ0n) is 10.3. The first-order chi connectivity index (χ1) is 8.70. The molecule has 2 N–H and O–H groups in total. The van der Waals surface area contributed by atoms with Crippen LogP contribution in [0.1, 0.15) is 24.9 Å². The van der Waals surface area contributed by atoms with Crippen LogP contribution in [0.15, 0.2) is 36.5 Å². The molecule has 1 aromatic heterocycles. The molecule has 1 atom stereocenters. The first-order valence-electron chi connectivity index (χ1n) is 5.96. The van der Waals surface area contributed by atoms with Crippen molar-refractivity contribution in [3.63, 3.8) is 0 Å². The number of hydrogen-bond donors (Lipinski definition) is 1. The van der Waals surface area contributed by atoms with Gasteiger partial charge in [0.1, 0.15) is 0 Å². The van der Waals surface area contributed by atoms with Crippen LogP contribution in [-0.2, 0) is 9.53 Å². The van der Waals surface area contributed by atoms with Crippen LogP contribution in [0.3, 0.4) is 0 Å². The summed E-state index contributed by atoms with van der Waals surface area (Å²) in [5.74, 6) is -0.279. The van der Waals surface area contributed by atoms with Crippen LogP contribution in [0.25, 0.3) is 10.9 Å². The predicted molar refractivity (Wildman–Crippen MR) is 69.9 cm³/mol. The Labute approximate surface area is 106 Å². The average molecular weight is 244 g/mol. The van der Waals surface area contributed by atoms with Gasteiger partial charge in [-0.2, -0.15) is 0 Å². The molecule has 0 saturated carbocycles. The molecule has 2 rings (SSSR count). The minimum atomic E-state index is -0.374. The molecule has 0 bridgehead atoms. The zero-order chi connectivity index (χ0) is 13.0. The van der Waals surface area contributed by atoms with Crippen LogP contribution in [0.5, 0.6) is 0 Å². The number of rotatable bonds is 4. The monoisotopic (exact) mass is 244 g/mol. The molecule has 0 aliphatic rings. The van der Waals surface area contributed by atoms with E-state index in [-0.39, 0.29) is 18.4 Å². The topological polar surface area (TPSA) is 65.2 Å². The van der Waals surface area contributed by atoms with E-state index in [9.17, 15) is 4.79 Å². The highest BCUT2D eigenvalue weighted by atomic mass is 16.5. The summed E-state index contributed by atoms with van der Waals surface area (Å²) in [6.45, 7) is 2.16. The van der Waals surface area contributed by atoms with Crippen molar-refractivity contribution in [2.45, 2.75) is 19.4 Å². The van der Waals surface area contributed by atoms with Crippen molar-refractivity contribution < 1.29 is 9.53 Å². The number of para-hydroxylation sites is 1. The van der Waals surface area contributed by atoms with Crippen molar-refractivity contribution in [3.8, 4) is 0 Å². The molecule has 1 heterocycles. The van der Waals surface area contributed by atoms with E-state index < -0.39 is 0 Å². The minimum Gasteiger partial charge on any atom is -0.466 e. The second kappa shape index (κ2) is 5.60. The van der Waals surface area contributed by atoms with Gasteiger partial charge in [0.25, 0.3) is 0 Å². The lowest BCUT2D eigenvalue weighted by molar-refractivity contribution is -0.143. The zero-order valence-corrected chi connectivity index (χ0v) is 10.3. The fourth-order valence-corrected chi connectivity index (χ4v) is 1.81. The highest BCUT2D eigenvalue weighted by molar-refractivity contribution is 5.79. The molecule has 94 valence electrons. The number of aromatic nitrogens is 1. The summed E-state index contributed by atoms with van der Waals surface area (Å²) in [6, 6.07) is 9.39. The molecule has 2 aromatic rings. The van der Waals surface area contributed by atoms with Gasteiger partial charge < -0.3 is 10.5 Å². The molecule has 0 saturated heterocycles.